The van der Waals surface area contributed by atoms with E-state index in [-0.39, 0.29) is 24.4 Å². The van der Waals surface area contributed by atoms with Crippen molar-refractivity contribution in [3.8, 4) is 11.5 Å². The summed E-state index contributed by atoms with van der Waals surface area (Å²) in [7, 11) is -3.20. The Labute approximate surface area is 206 Å². The monoisotopic (exact) mass is 494 g/mol. The van der Waals surface area contributed by atoms with Crippen LogP contribution in [0.3, 0.4) is 0 Å². The van der Waals surface area contributed by atoms with Crippen molar-refractivity contribution >= 4 is 21.6 Å². The van der Waals surface area contributed by atoms with E-state index in [0.29, 0.717) is 34.6 Å². The summed E-state index contributed by atoms with van der Waals surface area (Å²) in [5, 5.41) is 9.06. The van der Waals surface area contributed by atoms with Crippen LogP contribution < -0.4 is 4.74 Å². The van der Waals surface area contributed by atoms with Crippen molar-refractivity contribution in [3.63, 3.8) is 0 Å². The lowest BCUT2D eigenvalue weighted by Crippen LogP contribution is -2.08. The second-order valence-corrected chi connectivity index (χ2v) is 11.0. The van der Waals surface area contributed by atoms with E-state index in [1.807, 2.05) is 6.07 Å². The molecule has 0 bridgehead atoms. The van der Waals surface area contributed by atoms with Gasteiger partial charge in [-0.3, -0.25) is 9.59 Å². The number of ketones is 1. The van der Waals surface area contributed by atoms with Gasteiger partial charge in [0.15, 0.2) is 5.78 Å². The van der Waals surface area contributed by atoms with Crippen LogP contribution in [-0.4, -0.2) is 37.3 Å². The molecule has 3 rings (SSSR count). The Balaban J connectivity index is 1.65. The molecule has 0 saturated heterocycles. The minimum Gasteiger partial charge on any atom is -0.481 e. The first-order chi connectivity index (χ1) is 16.6. The molecule has 1 N–H and O–H groups in total. The van der Waals surface area contributed by atoms with Gasteiger partial charge < -0.3 is 9.84 Å². The summed E-state index contributed by atoms with van der Waals surface area (Å²) in [6.07, 6.45) is 3.28. The number of benzene rings is 3. The molecule has 0 spiro atoms. The van der Waals surface area contributed by atoms with Crippen LogP contribution >= 0.6 is 0 Å². The van der Waals surface area contributed by atoms with Crippen LogP contribution in [0.2, 0.25) is 0 Å². The maximum absolute atomic E-state index is 12.6. The van der Waals surface area contributed by atoms with Crippen LogP contribution in [-0.2, 0) is 33.9 Å². The van der Waals surface area contributed by atoms with Gasteiger partial charge in [0.25, 0.3) is 0 Å². The first-order valence-electron chi connectivity index (χ1n) is 11.5. The molecule has 0 aliphatic rings. The predicted molar refractivity (Wildman–Crippen MR) is 136 cm³/mol. The number of aryl methyl sites for hydroxylation is 3. The van der Waals surface area contributed by atoms with Crippen LogP contribution in [0.25, 0.3) is 0 Å². The Bertz CT molecular complexity index is 1290. The normalized spacial score (nSPS) is 11.3. The Hall–Kier alpha value is -3.45. The van der Waals surface area contributed by atoms with E-state index in [4.69, 9.17) is 9.84 Å². The van der Waals surface area contributed by atoms with Gasteiger partial charge in [0.2, 0.25) is 0 Å². The highest BCUT2D eigenvalue weighted by Crippen LogP contribution is 2.28. The van der Waals surface area contributed by atoms with Crippen molar-refractivity contribution in [2.75, 3.05) is 12.0 Å². The maximum Gasteiger partial charge on any atom is 0.307 e. The Morgan fingerprint density at radius 2 is 1.66 bits per heavy atom. The lowest BCUT2D eigenvalue weighted by atomic mass is 10.0. The summed E-state index contributed by atoms with van der Waals surface area (Å²) in [5.41, 5.74) is 4.23. The highest BCUT2D eigenvalue weighted by Gasteiger charge is 2.13. The van der Waals surface area contributed by atoms with Crippen molar-refractivity contribution in [2.45, 2.75) is 39.0 Å². The fourth-order valence-corrected chi connectivity index (χ4v) is 4.40. The van der Waals surface area contributed by atoms with Gasteiger partial charge in [-0.1, -0.05) is 42.0 Å². The molecular weight excluding hydrogens is 464 g/mol. The molecule has 0 aliphatic carbocycles. The van der Waals surface area contributed by atoms with Gasteiger partial charge in [-0.05, 0) is 73.2 Å². The quantitative estimate of drug-likeness (QED) is 0.347. The molecule has 0 unspecified atom stereocenters. The zero-order valence-corrected chi connectivity index (χ0v) is 20.8. The minimum absolute atomic E-state index is 0.0658. The number of carboxylic acid groups (broad SMARTS) is 1. The van der Waals surface area contributed by atoms with Crippen LogP contribution in [0.4, 0.5) is 0 Å². The van der Waals surface area contributed by atoms with Crippen molar-refractivity contribution in [3.05, 3.63) is 94.5 Å². The standard InChI is InChI=1S/C28H30O6S/c1-20-5-3-6-21(17-20)7-4-8-26(29)23-10-12-25(13-11-23)34-27-14-9-22(19-28(30)31)18-24(27)15-16-35(2,32)33/h3,5-6,9-14,17-18H,4,7-8,15-16,19H2,1-2H3,(H,30,31). The van der Waals surface area contributed by atoms with Crippen LogP contribution in [0.15, 0.2) is 66.7 Å². The zero-order valence-electron chi connectivity index (χ0n) is 20.0. The lowest BCUT2D eigenvalue weighted by Gasteiger charge is -2.13. The van der Waals surface area contributed by atoms with Crippen molar-refractivity contribution in [1.29, 1.82) is 0 Å². The fraction of sp³-hybridized carbons (Fsp3) is 0.286. The molecule has 0 amide bonds. The van der Waals surface area contributed by atoms with Gasteiger partial charge in [0, 0.05) is 18.2 Å². The first-order valence-corrected chi connectivity index (χ1v) is 13.5. The molecule has 0 aliphatic heterocycles. The van der Waals surface area contributed by atoms with Crippen molar-refractivity contribution < 1.29 is 27.9 Å². The lowest BCUT2D eigenvalue weighted by molar-refractivity contribution is -0.136. The molecule has 7 heteroatoms. The third-order valence-corrected chi connectivity index (χ3v) is 6.52. The van der Waals surface area contributed by atoms with E-state index in [9.17, 15) is 18.0 Å². The highest BCUT2D eigenvalue weighted by atomic mass is 32.2. The third-order valence-electron chi connectivity index (χ3n) is 5.58. The molecule has 3 aromatic carbocycles. The number of aliphatic carboxylic acids is 1. The van der Waals surface area contributed by atoms with Crippen LogP contribution in [0, 0.1) is 6.92 Å². The van der Waals surface area contributed by atoms with Crippen molar-refractivity contribution in [2.24, 2.45) is 0 Å². The smallest absolute Gasteiger partial charge is 0.307 e. The largest absolute Gasteiger partial charge is 0.481 e. The molecule has 6 nitrogen and oxygen atoms in total. The van der Waals surface area contributed by atoms with Crippen molar-refractivity contribution in [1.82, 2.24) is 0 Å². The highest BCUT2D eigenvalue weighted by molar-refractivity contribution is 7.90. The average molecular weight is 495 g/mol. The number of carboxylic acids is 1. The molecule has 0 saturated carbocycles. The first kappa shape index (κ1) is 26.2. The van der Waals surface area contributed by atoms with E-state index < -0.39 is 15.8 Å². The average Bonchev–Trinajstić information content (AvgIpc) is 2.78. The molecule has 0 heterocycles. The van der Waals surface area contributed by atoms with Gasteiger partial charge in [-0.2, -0.15) is 0 Å². The SMILES string of the molecule is Cc1cccc(CCCC(=O)c2ccc(Oc3ccc(CC(=O)O)cc3CCS(C)(=O)=O)cc2)c1. The molecule has 0 aromatic heterocycles. The van der Waals surface area contributed by atoms with Gasteiger partial charge in [-0.25, -0.2) is 8.42 Å². The van der Waals surface area contributed by atoms with E-state index >= 15 is 0 Å². The van der Waals surface area contributed by atoms with E-state index in [1.54, 1.807) is 42.5 Å². The summed E-state index contributed by atoms with van der Waals surface area (Å²) in [4.78, 5) is 23.6. The second-order valence-electron chi connectivity index (χ2n) is 8.78. The van der Waals surface area contributed by atoms with Gasteiger partial charge in [0.1, 0.15) is 21.3 Å². The number of carbonyl (C=O) groups is 2. The summed E-state index contributed by atoms with van der Waals surface area (Å²) in [5.74, 6) is -0.00793. The van der Waals surface area contributed by atoms with E-state index in [2.05, 4.69) is 25.1 Å². The van der Waals surface area contributed by atoms with E-state index in [0.717, 1.165) is 19.1 Å². The Kier molecular flexibility index (Phi) is 8.82. The van der Waals surface area contributed by atoms with Crippen LogP contribution in [0.1, 0.15) is 45.5 Å². The number of ether oxygens (including phenoxy) is 1. The Morgan fingerprint density at radius 1 is 0.914 bits per heavy atom. The molecule has 0 radical (unpaired) electrons. The number of carbonyl (C=O) groups excluding carboxylic acids is 1. The molecular formula is C28H30O6S. The summed E-state index contributed by atoms with van der Waals surface area (Å²) < 4.78 is 29.2. The summed E-state index contributed by atoms with van der Waals surface area (Å²) >= 11 is 0. The third kappa shape index (κ3) is 8.68. The Morgan fingerprint density at radius 3 is 2.31 bits per heavy atom. The topological polar surface area (TPSA) is 97.7 Å². The molecule has 0 atom stereocenters. The van der Waals surface area contributed by atoms with Gasteiger partial charge in [-0.15, -0.1) is 0 Å². The summed E-state index contributed by atoms with van der Waals surface area (Å²) in [6, 6.07) is 20.1. The van der Waals surface area contributed by atoms with E-state index in [1.165, 1.54) is 11.1 Å². The fourth-order valence-electron chi connectivity index (χ4n) is 3.81. The number of hydrogen-bond donors (Lipinski definition) is 1. The summed E-state index contributed by atoms with van der Waals surface area (Å²) in [6.45, 7) is 2.05. The van der Waals surface area contributed by atoms with Gasteiger partial charge in [0.05, 0.1) is 12.2 Å². The number of sulfone groups is 1. The predicted octanol–water partition coefficient (Wildman–Crippen LogP) is 5.21. The maximum atomic E-state index is 12.6. The van der Waals surface area contributed by atoms with Crippen LogP contribution in [0.5, 0.6) is 11.5 Å². The second kappa shape index (κ2) is 11.8. The minimum atomic E-state index is -3.20. The molecule has 35 heavy (non-hydrogen) atoms. The molecule has 184 valence electrons. The molecule has 0 fully saturated rings. The molecule has 3 aromatic rings. The van der Waals surface area contributed by atoms with Gasteiger partial charge >= 0.3 is 5.97 Å². The zero-order chi connectivity index (χ0) is 25.4. The number of rotatable bonds is 12. The number of Topliss-reactive ketones (excluding diaryl/α,β-unsaturated/α-hetero) is 1. The number of hydrogen-bond acceptors (Lipinski definition) is 5.